The molecule has 13 heteroatoms. The van der Waals surface area contributed by atoms with Gasteiger partial charge in [-0.05, 0) is 42.7 Å². The number of halogens is 1. The predicted octanol–water partition coefficient (Wildman–Crippen LogP) is 4.11. The van der Waals surface area contributed by atoms with Gasteiger partial charge < -0.3 is 9.42 Å². The van der Waals surface area contributed by atoms with Crippen molar-refractivity contribution in [2.45, 2.75) is 27.6 Å². The average Bonchev–Trinajstić information content (AvgIpc) is 3.56. The second kappa shape index (κ2) is 9.42. The Balaban J connectivity index is 1.52. The number of carbonyl (C=O) groups is 1. The molecule has 38 heavy (non-hydrogen) atoms. The van der Waals surface area contributed by atoms with Crippen molar-refractivity contribution in [2.24, 2.45) is 5.14 Å². The number of hydrogen-bond donors (Lipinski definition) is 1. The first-order chi connectivity index (χ1) is 17.9. The summed E-state index contributed by atoms with van der Waals surface area (Å²) in [6.07, 6.45) is 2.46. The summed E-state index contributed by atoms with van der Waals surface area (Å²) in [6.45, 7) is 0.217. The van der Waals surface area contributed by atoms with E-state index in [0.29, 0.717) is 27.4 Å². The molecule has 1 aliphatic rings. The van der Waals surface area contributed by atoms with Crippen LogP contribution >= 0.6 is 11.3 Å². The number of anilines is 1. The van der Waals surface area contributed by atoms with E-state index in [1.807, 2.05) is 0 Å². The molecular formula is C25H22FN3O6S3. The Bertz CT molecular complexity index is 1730. The minimum atomic E-state index is -4.35. The van der Waals surface area contributed by atoms with E-state index >= 15 is 4.39 Å². The van der Waals surface area contributed by atoms with Gasteiger partial charge in [-0.15, -0.1) is 11.3 Å². The normalized spacial score (nSPS) is 18.6. The van der Waals surface area contributed by atoms with Crippen molar-refractivity contribution in [3.63, 3.8) is 0 Å². The van der Waals surface area contributed by atoms with Crippen molar-refractivity contribution >= 4 is 42.8 Å². The third kappa shape index (κ3) is 4.66. The largest absolute Gasteiger partial charge is 0.364 e. The van der Waals surface area contributed by atoms with E-state index in [1.165, 1.54) is 29.4 Å². The van der Waals surface area contributed by atoms with Gasteiger partial charge in [0.05, 0.1) is 9.77 Å². The third-order valence-electron chi connectivity index (χ3n) is 6.34. The lowest BCUT2D eigenvalue weighted by Crippen LogP contribution is -2.49. The zero-order valence-corrected chi connectivity index (χ0v) is 22.4. The molecule has 1 fully saturated rings. The number of carbonyl (C=O) groups excluding carboxylic acids is 1. The number of amides is 1. The van der Waals surface area contributed by atoms with Gasteiger partial charge in [0.2, 0.25) is 15.7 Å². The summed E-state index contributed by atoms with van der Waals surface area (Å²) in [5.41, 5.74) is -1.17. The molecule has 1 atom stereocenters. The van der Waals surface area contributed by atoms with Crippen LogP contribution in [0.5, 0.6) is 0 Å². The standard InChI is InChI=1S/C25H22FN3O6S3/c1-37(31,32)22-6-3-2-5-18(22)16-7-9-17(10-8-16)29-13-4-12-25(26,24(29)30)19-15-21(20-11-14-35-28-20)36-23(19)38(27,33)34/h2-3,5-11,14-15H,4,12-13H2,1H3,(H2,27,33,34). The van der Waals surface area contributed by atoms with Crippen LogP contribution in [0.1, 0.15) is 18.4 Å². The zero-order valence-electron chi connectivity index (χ0n) is 20.0. The second-order valence-electron chi connectivity index (χ2n) is 8.92. The van der Waals surface area contributed by atoms with Crippen LogP contribution in [0.4, 0.5) is 10.1 Å². The molecule has 0 saturated carbocycles. The molecule has 2 aromatic carbocycles. The van der Waals surface area contributed by atoms with Gasteiger partial charge in [0.15, 0.2) is 9.84 Å². The number of sulfone groups is 1. The summed E-state index contributed by atoms with van der Waals surface area (Å²) in [7, 11) is -7.83. The summed E-state index contributed by atoms with van der Waals surface area (Å²) >= 11 is 0.723. The van der Waals surface area contributed by atoms with Crippen molar-refractivity contribution in [3.8, 4) is 21.7 Å². The maximum atomic E-state index is 16.6. The van der Waals surface area contributed by atoms with Gasteiger partial charge in [0.25, 0.3) is 5.91 Å². The summed E-state index contributed by atoms with van der Waals surface area (Å²) in [6, 6.07) is 15.9. The third-order valence-corrected chi connectivity index (χ3v) is 10.1. The first-order valence-corrected chi connectivity index (χ1v) is 15.6. The number of benzene rings is 2. The molecule has 1 amide bonds. The fourth-order valence-corrected chi connectivity index (χ4v) is 7.67. The molecule has 3 heterocycles. The first kappa shape index (κ1) is 26.2. The SMILES string of the molecule is CS(=O)(=O)c1ccccc1-c1ccc(N2CCCC(F)(c3cc(-c4ccon4)sc3S(N)(=O)=O)C2=O)cc1. The monoisotopic (exact) mass is 575 g/mol. The molecule has 198 valence electrons. The van der Waals surface area contributed by atoms with E-state index in [4.69, 9.17) is 9.66 Å². The van der Waals surface area contributed by atoms with E-state index in [-0.39, 0.29) is 29.8 Å². The highest BCUT2D eigenvalue weighted by atomic mass is 32.2. The van der Waals surface area contributed by atoms with Gasteiger partial charge in [-0.3, -0.25) is 4.79 Å². The van der Waals surface area contributed by atoms with Crippen molar-refractivity contribution in [1.29, 1.82) is 0 Å². The molecule has 1 aliphatic heterocycles. The summed E-state index contributed by atoms with van der Waals surface area (Å²) in [5, 5.41) is 9.17. The smallest absolute Gasteiger partial charge is 0.269 e. The number of piperidine rings is 1. The molecule has 1 saturated heterocycles. The van der Waals surface area contributed by atoms with Crippen molar-refractivity contribution in [1.82, 2.24) is 5.16 Å². The number of primary sulfonamides is 1. The molecule has 5 rings (SSSR count). The van der Waals surface area contributed by atoms with Gasteiger partial charge >= 0.3 is 0 Å². The Morgan fingerprint density at radius 2 is 1.79 bits per heavy atom. The van der Waals surface area contributed by atoms with Crippen LogP contribution in [0.15, 0.2) is 80.6 Å². The van der Waals surface area contributed by atoms with E-state index in [2.05, 4.69) is 5.16 Å². The topological polar surface area (TPSA) is 141 Å². The highest BCUT2D eigenvalue weighted by molar-refractivity contribution is 7.91. The molecule has 4 aromatic rings. The van der Waals surface area contributed by atoms with Crippen molar-refractivity contribution in [3.05, 3.63) is 72.5 Å². The molecule has 0 radical (unpaired) electrons. The lowest BCUT2D eigenvalue weighted by molar-refractivity contribution is -0.133. The fourth-order valence-electron chi connectivity index (χ4n) is 4.58. The first-order valence-electron chi connectivity index (χ1n) is 11.4. The molecule has 0 spiro atoms. The molecule has 0 bridgehead atoms. The number of rotatable bonds is 6. The maximum Gasteiger partial charge on any atom is 0.269 e. The van der Waals surface area contributed by atoms with Crippen molar-refractivity contribution in [2.75, 3.05) is 17.7 Å². The molecule has 2 aromatic heterocycles. The molecular weight excluding hydrogens is 553 g/mol. The van der Waals surface area contributed by atoms with E-state index < -0.39 is 35.6 Å². The highest BCUT2D eigenvalue weighted by Crippen LogP contribution is 2.46. The van der Waals surface area contributed by atoms with Crippen molar-refractivity contribution < 1.29 is 30.5 Å². The van der Waals surface area contributed by atoms with E-state index in [9.17, 15) is 21.6 Å². The van der Waals surface area contributed by atoms with Crippen LogP contribution in [0.25, 0.3) is 21.7 Å². The Morgan fingerprint density at radius 3 is 2.42 bits per heavy atom. The van der Waals surface area contributed by atoms with Gasteiger partial charge in [0, 0.05) is 35.7 Å². The molecule has 0 aliphatic carbocycles. The number of hydrogen-bond acceptors (Lipinski definition) is 8. The van der Waals surface area contributed by atoms with Crippen LogP contribution < -0.4 is 10.0 Å². The van der Waals surface area contributed by atoms with Gasteiger partial charge in [0.1, 0.15) is 16.2 Å². The van der Waals surface area contributed by atoms with Crippen LogP contribution in [0.3, 0.4) is 0 Å². The van der Waals surface area contributed by atoms with Gasteiger partial charge in [-0.2, -0.15) is 0 Å². The number of aromatic nitrogens is 1. The Morgan fingerprint density at radius 1 is 1.08 bits per heavy atom. The molecule has 1 unspecified atom stereocenters. The van der Waals surface area contributed by atoms with Crippen LogP contribution in [-0.4, -0.2) is 40.7 Å². The molecule has 2 N–H and O–H groups in total. The Labute approximate surface area is 222 Å². The predicted molar refractivity (Wildman–Crippen MR) is 141 cm³/mol. The number of nitrogens with two attached hydrogens (primary N) is 1. The summed E-state index contributed by atoms with van der Waals surface area (Å²) in [5.74, 6) is -0.914. The number of thiophene rings is 1. The minimum Gasteiger partial charge on any atom is -0.364 e. The number of alkyl halides is 1. The Hall–Kier alpha value is -3.39. The lowest BCUT2D eigenvalue weighted by Gasteiger charge is -2.36. The fraction of sp³-hybridized carbons (Fsp3) is 0.200. The van der Waals surface area contributed by atoms with E-state index in [1.54, 1.807) is 42.5 Å². The highest BCUT2D eigenvalue weighted by Gasteiger charge is 2.49. The summed E-state index contributed by atoms with van der Waals surface area (Å²) < 4.78 is 70.1. The number of nitrogens with zero attached hydrogens (tertiary/aromatic N) is 2. The van der Waals surface area contributed by atoms with Gasteiger partial charge in [-0.1, -0.05) is 35.5 Å². The second-order valence-corrected chi connectivity index (χ2v) is 13.7. The maximum absolute atomic E-state index is 16.6. The number of sulfonamides is 1. The molecule has 9 nitrogen and oxygen atoms in total. The summed E-state index contributed by atoms with van der Waals surface area (Å²) in [4.78, 5) is 15.3. The van der Waals surface area contributed by atoms with Crippen LogP contribution in [-0.2, 0) is 30.3 Å². The minimum absolute atomic E-state index is 0.167. The lowest BCUT2D eigenvalue weighted by atomic mass is 9.87. The zero-order chi connectivity index (χ0) is 27.3. The van der Waals surface area contributed by atoms with Gasteiger partial charge in [-0.25, -0.2) is 26.4 Å². The van der Waals surface area contributed by atoms with Crippen LogP contribution in [0, 0.1) is 0 Å². The Kier molecular flexibility index (Phi) is 6.50. The quantitative estimate of drug-likeness (QED) is 0.365. The van der Waals surface area contributed by atoms with E-state index in [0.717, 1.165) is 17.6 Å². The average molecular weight is 576 g/mol. The van der Waals surface area contributed by atoms with Crippen LogP contribution in [0.2, 0.25) is 0 Å².